The van der Waals surface area contributed by atoms with Crippen molar-refractivity contribution in [2.45, 2.75) is 59.5 Å². The number of hydrogen-bond donors (Lipinski definition) is 1. The second-order valence-corrected chi connectivity index (χ2v) is 5.34. The van der Waals surface area contributed by atoms with E-state index in [1.165, 1.54) is 36.2 Å². The Morgan fingerprint density at radius 1 is 1.41 bits per heavy atom. The number of rotatable bonds is 5. The first-order chi connectivity index (χ1) is 8.13. The second-order valence-electron chi connectivity index (χ2n) is 5.34. The highest BCUT2D eigenvalue weighted by Crippen LogP contribution is 2.29. The molecule has 1 heterocycles. The van der Waals surface area contributed by atoms with Crippen LogP contribution in [-0.4, -0.2) is 16.3 Å². The fourth-order valence-electron chi connectivity index (χ4n) is 2.84. The summed E-state index contributed by atoms with van der Waals surface area (Å²) < 4.78 is 2.22. The van der Waals surface area contributed by atoms with Gasteiger partial charge in [0.25, 0.3) is 0 Å². The van der Waals surface area contributed by atoms with Gasteiger partial charge in [0.1, 0.15) is 0 Å². The van der Waals surface area contributed by atoms with Gasteiger partial charge in [0, 0.05) is 23.8 Å². The lowest BCUT2D eigenvalue weighted by Crippen LogP contribution is -2.21. The Morgan fingerprint density at radius 2 is 2.12 bits per heavy atom. The molecule has 1 saturated carbocycles. The maximum atomic E-state index is 4.71. The van der Waals surface area contributed by atoms with E-state index in [0.717, 1.165) is 19.0 Å². The largest absolute Gasteiger partial charge is 0.310 e. The minimum absolute atomic E-state index is 0.412. The Balaban J connectivity index is 2.15. The van der Waals surface area contributed by atoms with Crippen LogP contribution in [-0.2, 0) is 6.54 Å². The van der Waals surface area contributed by atoms with Crippen LogP contribution >= 0.6 is 0 Å². The third-order valence-electron chi connectivity index (χ3n) is 4.04. The summed E-state index contributed by atoms with van der Waals surface area (Å²) in [6.45, 7) is 10.9. The highest BCUT2D eigenvalue weighted by molar-refractivity contribution is 5.27. The molecule has 1 N–H and O–H groups in total. The van der Waals surface area contributed by atoms with Gasteiger partial charge in [0.05, 0.1) is 5.69 Å². The zero-order chi connectivity index (χ0) is 12.4. The summed E-state index contributed by atoms with van der Waals surface area (Å²) in [7, 11) is 0. The molecule has 0 aromatic carbocycles. The summed E-state index contributed by atoms with van der Waals surface area (Å²) in [5.74, 6) is 0.871. The zero-order valence-electron chi connectivity index (χ0n) is 11.6. The molecular formula is C14H25N3. The van der Waals surface area contributed by atoms with Crippen LogP contribution < -0.4 is 5.32 Å². The van der Waals surface area contributed by atoms with Gasteiger partial charge in [-0.25, -0.2) is 0 Å². The molecule has 96 valence electrons. The van der Waals surface area contributed by atoms with Crippen molar-refractivity contribution in [3.8, 4) is 0 Å². The smallest absolute Gasteiger partial charge is 0.0644 e. The summed E-state index contributed by atoms with van der Waals surface area (Å²) in [6.07, 6.45) is 4.18. The molecule has 0 radical (unpaired) electrons. The predicted molar refractivity (Wildman–Crippen MR) is 71.1 cm³/mol. The van der Waals surface area contributed by atoms with Crippen molar-refractivity contribution in [3.05, 3.63) is 17.0 Å². The molecule has 1 aliphatic rings. The van der Waals surface area contributed by atoms with Gasteiger partial charge in [0.2, 0.25) is 0 Å². The Hall–Kier alpha value is -0.830. The normalized spacial score (nSPS) is 18.1. The fraction of sp³-hybridized carbons (Fsp3) is 0.786. The molecule has 3 heteroatoms. The van der Waals surface area contributed by atoms with E-state index in [1.807, 2.05) is 0 Å². The maximum absolute atomic E-state index is 4.71. The zero-order valence-corrected chi connectivity index (χ0v) is 11.6. The van der Waals surface area contributed by atoms with Crippen molar-refractivity contribution >= 4 is 0 Å². The Bertz CT molecular complexity index is 377. The van der Waals surface area contributed by atoms with E-state index in [4.69, 9.17) is 5.10 Å². The van der Waals surface area contributed by atoms with Crippen molar-refractivity contribution in [3.63, 3.8) is 0 Å². The van der Waals surface area contributed by atoms with Crippen LogP contribution in [0.4, 0.5) is 0 Å². The maximum Gasteiger partial charge on any atom is 0.0644 e. The van der Waals surface area contributed by atoms with Crippen LogP contribution in [0.1, 0.15) is 56.1 Å². The molecule has 1 aromatic rings. The summed E-state index contributed by atoms with van der Waals surface area (Å²) >= 11 is 0. The summed E-state index contributed by atoms with van der Waals surface area (Å²) in [5, 5.41) is 8.20. The Kier molecular flexibility index (Phi) is 3.87. The first-order valence-electron chi connectivity index (χ1n) is 6.90. The molecule has 0 amide bonds. The third-order valence-corrected chi connectivity index (χ3v) is 4.04. The van der Waals surface area contributed by atoms with E-state index in [-0.39, 0.29) is 0 Å². The first-order valence-corrected chi connectivity index (χ1v) is 6.90. The van der Waals surface area contributed by atoms with E-state index < -0.39 is 0 Å². The molecule has 2 rings (SSSR count). The second kappa shape index (κ2) is 5.21. The molecule has 3 nitrogen and oxygen atoms in total. The van der Waals surface area contributed by atoms with E-state index in [1.54, 1.807) is 0 Å². The van der Waals surface area contributed by atoms with E-state index >= 15 is 0 Å². The Morgan fingerprint density at radius 3 is 2.65 bits per heavy atom. The van der Waals surface area contributed by atoms with Crippen molar-refractivity contribution in [2.75, 3.05) is 6.54 Å². The lowest BCUT2D eigenvalue weighted by molar-refractivity contribution is 0.264. The molecule has 0 bridgehead atoms. The lowest BCUT2D eigenvalue weighted by Gasteiger charge is -2.25. The molecule has 0 spiro atoms. The average molecular weight is 235 g/mol. The summed E-state index contributed by atoms with van der Waals surface area (Å²) in [6, 6.07) is 0.412. The van der Waals surface area contributed by atoms with Crippen molar-refractivity contribution in [1.29, 1.82) is 0 Å². The van der Waals surface area contributed by atoms with E-state index in [0.29, 0.717) is 6.04 Å². The van der Waals surface area contributed by atoms with Crippen LogP contribution in [0.2, 0.25) is 0 Å². The van der Waals surface area contributed by atoms with Gasteiger partial charge in [-0.05, 0) is 46.1 Å². The van der Waals surface area contributed by atoms with E-state index in [9.17, 15) is 0 Å². The van der Waals surface area contributed by atoms with Gasteiger partial charge in [-0.1, -0.05) is 13.3 Å². The molecule has 0 aliphatic heterocycles. The van der Waals surface area contributed by atoms with Gasteiger partial charge < -0.3 is 5.32 Å². The van der Waals surface area contributed by atoms with Crippen LogP contribution in [0.5, 0.6) is 0 Å². The quantitative estimate of drug-likeness (QED) is 0.850. The SMILES string of the molecule is CCNC(C)c1c(C)nn(CC2CCC2)c1C. The van der Waals surface area contributed by atoms with Gasteiger partial charge in [-0.15, -0.1) is 0 Å². The van der Waals surface area contributed by atoms with Crippen LogP contribution in [0, 0.1) is 19.8 Å². The third kappa shape index (κ3) is 2.54. The minimum Gasteiger partial charge on any atom is -0.310 e. The van der Waals surface area contributed by atoms with Crippen LogP contribution in [0.15, 0.2) is 0 Å². The van der Waals surface area contributed by atoms with Crippen molar-refractivity contribution in [1.82, 2.24) is 15.1 Å². The minimum atomic E-state index is 0.412. The fourth-order valence-corrected chi connectivity index (χ4v) is 2.84. The topological polar surface area (TPSA) is 29.9 Å². The standard InChI is InChI=1S/C14H25N3/c1-5-15-10(2)14-11(3)16-17(12(14)4)9-13-7-6-8-13/h10,13,15H,5-9H2,1-4H3. The number of nitrogens with zero attached hydrogens (tertiary/aromatic N) is 2. The van der Waals surface area contributed by atoms with E-state index in [2.05, 4.69) is 37.7 Å². The number of nitrogens with one attached hydrogen (secondary N) is 1. The summed E-state index contributed by atoms with van der Waals surface area (Å²) in [4.78, 5) is 0. The highest BCUT2D eigenvalue weighted by Gasteiger charge is 2.22. The molecule has 1 fully saturated rings. The molecule has 1 atom stereocenters. The Labute approximate surface area is 105 Å². The first kappa shape index (κ1) is 12.6. The monoisotopic (exact) mass is 235 g/mol. The molecular weight excluding hydrogens is 210 g/mol. The highest BCUT2D eigenvalue weighted by atomic mass is 15.3. The number of aromatic nitrogens is 2. The molecule has 1 aromatic heterocycles. The summed E-state index contributed by atoms with van der Waals surface area (Å²) in [5.41, 5.74) is 3.93. The molecule has 0 saturated heterocycles. The predicted octanol–water partition coefficient (Wildman–Crippen LogP) is 2.97. The number of hydrogen-bond acceptors (Lipinski definition) is 2. The van der Waals surface area contributed by atoms with Gasteiger partial charge in [0.15, 0.2) is 0 Å². The number of aryl methyl sites for hydroxylation is 1. The van der Waals surface area contributed by atoms with Gasteiger partial charge in [-0.3, -0.25) is 4.68 Å². The van der Waals surface area contributed by atoms with Crippen LogP contribution in [0.3, 0.4) is 0 Å². The van der Waals surface area contributed by atoms with Crippen molar-refractivity contribution < 1.29 is 0 Å². The van der Waals surface area contributed by atoms with Crippen LogP contribution in [0.25, 0.3) is 0 Å². The molecule has 1 aliphatic carbocycles. The van der Waals surface area contributed by atoms with Gasteiger partial charge in [-0.2, -0.15) is 5.10 Å². The van der Waals surface area contributed by atoms with Crippen molar-refractivity contribution in [2.24, 2.45) is 5.92 Å². The molecule has 1 unspecified atom stereocenters. The average Bonchev–Trinajstić information content (AvgIpc) is 2.48. The van der Waals surface area contributed by atoms with Gasteiger partial charge >= 0.3 is 0 Å². The lowest BCUT2D eigenvalue weighted by atomic mass is 9.85. The molecule has 17 heavy (non-hydrogen) atoms.